The van der Waals surface area contributed by atoms with Crippen LogP contribution in [0.1, 0.15) is 58.2 Å². The SMILES string of the molecule is CC(C)C[C@@H](C(=O)N[C@H](c1ccccc1)c1c(O)ccc2ccccc12)N1C(=O)c2ccccc2C1=O. The lowest BCUT2D eigenvalue weighted by molar-refractivity contribution is -0.126. The summed E-state index contributed by atoms with van der Waals surface area (Å²) in [7, 11) is 0. The first-order valence-corrected chi connectivity index (χ1v) is 12.4. The molecule has 2 N–H and O–H groups in total. The smallest absolute Gasteiger partial charge is 0.262 e. The van der Waals surface area contributed by atoms with Gasteiger partial charge in [0.1, 0.15) is 11.8 Å². The number of fused-ring (bicyclic) bond motifs is 2. The summed E-state index contributed by atoms with van der Waals surface area (Å²) in [6.07, 6.45) is 0.306. The van der Waals surface area contributed by atoms with Crippen LogP contribution in [0.4, 0.5) is 0 Å². The molecule has 4 aromatic carbocycles. The first-order chi connectivity index (χ1) is 17.9. The third kappa shape index (κ3) is 4.47. The third-order valence-corrected chi connectivity index (χ3v) is 6.79. The zero-order valence-corrected chi connectivity index (χ0v) is 20.7. The Morgan fingerprint density at radius 1 is 0.811 bits per heavy atom. The van der Waals surface area contributed by atoms with Crippen molar-refractivity contribution in [2.24, 2.45) is 5.92 Å². The Morgan fingerprint density at radius 3 is 2.05 bits per heavy atom. The normalized spacial score (nSPS) is 14.6. The summed E-state index contributed by atoms with van der Waals surface area (Å²) in [6, 6.07) is 25.4. The van der Waals surface area contributed by atoms with Gasteiger partial charge in [-0.05, 0) is 46.9 Å². The predicted octanol–water partition coefficient (Wildman–Crippen LogP) is 5.46. The monoisotopic (exact) mass is 492 g/mol. The molecule has 5 rings (SSSR count). The van der Waals surface area contributed by atoms with E-state index in [1.54, 1.807) is 30.3 Å². The van der Waals surface area contributed by atoms with Crippen molar-refractivity contribution in [1.82, 2.24) is 10.2 Å². The molecule has 1 aliphatic heterocycles. The molecule has 1 heterocycles. The van der Waals surface area contributed by atoms with Crippen molar-refractivity contribution in [3.8, 4) is 5.75 Å². The van der Waals surface area contributed by atoms with Gasteiger partial charge in [0.15, 0.2) is 0 Å². The molecule has 0 bridgehead atoms. The average Bonchev–Trinajstić information content (AvgIpc) is 3.16. The van der Waals surface area contributed by atoms with Gasteiger partial charge in [-0.25, -0.2) is 0 Å². The highest BCUT2D eigenvalue weighted by atomic mass is 16.3. The second kappa shape index (κ2) is 9.90. The molecule has 0 aliphatic carbocycles. The number of benzene rings is 4. The van der Waals surface area contributed by atoms with Crippen LogP contribution in [-0.2, 0) is 4.79 Å². The molecule has 0 radical (unpaired) electrons. The van der Waals surface area contributed by atoms with Gasteiger partial charge in [-0.3, -0.25) is 19.3 Å². The molecule has 6 heteroatoms. The summed E-state index contributed by atoms with van der Waals surface area (Å²) in [4.78, 5) is 41.6. The van der Waals surface area contributed by atoms with E-state index in [1.165, 1.54) is 0 Å². The quantitative estimate of drug-likeness (QED) is 0.335. The first kappa shape index (κ1) is 24.3. The summed E-state index contributed by atoms with van der Waals surface area (Å²) in [5.41, 5.74) is 1.94. The Bertz CT molecular complexity index is 1460. The average molecular weight is 493 g/mol. The number of imide groups is 1. The second-order valence-corrected chi connectivity index (χ2v) is 9.74. The highest BCUT2D eigenvalue weighted by Gasteiger charge is 2.43. The van der Waals surface area contributed by atoms with Crippen LogP contribution >= 0.6 is 0 Å². The van der Waals surface area contributed by atoms with Gasteiger partial charge in [0, 0.05) is 5.56 Å². The number of rotatable bonds is 7. The number of carbonyl (C=O) groups is 3. The van der Waals surface area contributed by atoms with E-state index in [1.807, 2.05) is 74.5 Å². The minimum absolute atomic E-state index is 0.0428. The third-order valence-electron chi connectivity index (χ3n) is 6.79. The standard InChI is InChI=1S/C31H28N2O4/c1-19(2)18-25(33-30(36)23-14-8-9-15-24(23)31(33)37)29(35)32-28(21-11-4-3-5-12-21)27-22-13-7-6-10-20(22)16-17-26(27)34/h3-17,19,25,28,34H,18H2,1-2H3,(H,32,35)/t25-,28+/m0/s1. The minimum atomic E-state index is -1.00. The Morgan fingerprint density at radius 2 is 1.41 bits per heavy atom. The number of nitrogens with one attached hydrogen (secondary N) is 1. The van der Waals surface area contributed by atoms with Crippen LogP contribution in [-0.4, -0.2) is 33.8 Å². The molecule has 6 nitrogen and oxygen atoms in total. The van der Waals surface area contributed by atoms with Crippen LogP contribution in [0, 0.1) is 5.92 Å². The molecule has 4 aromatic rings. The molecule has 3 amide bonds. The fourth-order valence-electron chi connectivity index (χ4n) is 5.06. The molecule has 0 aromatic heterocycles. The number of amides is 3. The van der Waals surface area contributed by atoms with Crippen molar-refractivity contribution in [2.75, 3.05) is 0 Å². The molecule has 2 atom stereocenters. The van der Waals surface area contributed by atoms with E-state index in [-0.39, 0.29) is 11.7 Å². The van der Waals surface area contributed by atoms with E-state index < -0.39 is 29.8 Å². The topological polar surface area (TPSA) is 86.7 Å². The Labute approximate surface area is 215 Å². The zero-order chi connectivity index (χ0) is 26.1. The maximum Gasteiger partial charge on any atom is 0.262 e. The van der Waals surface area contributed by atoms with E-state index in [4.69, 9.17) is 0 Å². The Balaban J connectivity index is 1.58. The van der Waals surface area contributed by atoms with Crippen molar-refractivity contribution in [3.05, 3.63) is 113 Å². The minimum Gasteiger partial charge on any atom is -0.508 e. The van der Waals surface area contributed by atoms with Gasteiger partial charge in [0.05, 0.1) is 17.2 Å². The van der Waals surface area contributed by atoms with Gasteiger partial charge in [0.2, 0.25) is 5.91 Å². The first-order valence-electron chi connectivity index (χ1n) is 12.4. The predicted molar refractivity (Wildman–Crippen MR) is 142 cm³/mol. The number of aromatic hydroxyl groups is 1. The van der Waals surface area contributed by atoms with Gasteiger partial charge in [-0.2, -0.15) is 0 Å². The molecule has 0 saturated heterocycles. The second-order valence-electron chi connectivity index (χ2n) is 9.74. The van der Waals surface area contributed by atoms with E-state index >= 15 is 0 Å². The molecular weight excluding hydrogens is 464 g/mol. The molecule has 0 fully saturated rings. The molecule has 186 valence electrons. The van der Waals surface area contributed by atoms with E-state index in [2.05, 4.69) is 5.32 Å². The number of phenolic OH excluding ortho intramolecular Hbond substituents is 1. The summed E-state index contributed by atoms with van der Waals surface area (Å²) in [6.45, 7) is 3.90. The fourth-order valence-corrected chi connectivity index (χ4v) is 5.06. The maximum absolute atomic E-state index is 14.0. The molecule has 0 saturated carbocycles. The molecule has 0 unspecified atom stereocenters. The van der Waals surface area contributed by atoms with Gasteiger partial charge >= 0.3 is 0 Å². The lowest BCUT2D eigenvalue weighted by Gasteiger charge is -2.30. The van der Waals surface area contributed by atoms with Gasteiger partial charge in [-0.15, -0.1) is 0 Å². The molecular formula is C31H28N2O4. The maximum atomic E-state index is 14.0. The number of nitrogens with zero attached hydrogens (tertiary/aromatic N) is 1. The van der Waals surface area contributed by atoms with Crippen molar-refractivity contribution in [1.29, 1.82) is 0 Å². The molecule has 1 aliphatic rings. The van der Waals surface area contributed by atoms with Crippen LogP contribution in [0.3, 0.4) is 0 Å². The zero-order valence-electron chi connectivity index (χ0n) is 20.7. The van der Waals surface area contributed by atoms with E-state index in [0.29, 0.717) is 23.1 Å². The van der Waals surface area contributed by atoms with E-state index in [0.717, 1.165) is 21.2 Å². The number of phenols is 1. The highest BCUT2D eigenvalue weighted by Crippen LogP contribution is 2.36. The summed E-state index contributed by atoms with van der Waals surface area (Å²) in [5.74, 6) is -1.30. The van der Waals surface area contributed by atoms with Crippen LogP contribution in [0.5, 0.6) is 5.75 Å². The Hall–Kier alpha value is -4.45. The van der Waals surface area contributed by atoms with Crippen molar-refractivity contribution in [2.45, 2.75) is 32.4 Å². The Kier molecular flexibility index (Phi) is 6.49. The van der Waals surface area contributed by atoms with Crippen LogP contribution in [0.2, 0.25) is 0 Å². The highest BCUT2D eigenvalue weighted by molar-refractivity contribution is 6.22. The van der Waals surface area contributed by atoms with Crippen LogP contribution < -0.4 is 5.32 Å². The van der Waals surface area contributed by atoms with Crippen molar-refractivity contribution >= 4 is 28.5 Å². The summed E-state index contributed by atoms with van der Waals surface area (Å²) < 4.78 is 0. The largest absolute Gasteiger partial charge is 0.508 e. The van der Waals surface area contributed by atoms with Gasteiger partial charge in [-0.1, -0.05) is 86.6 Å². The number of hydrogen-bond donors (Lipinski definition) is 2. The van der Waals surface area contributed by atoms with E-state index in [9.17, 15) is 19.5 Å². The van der Waals surface area contributed by atoms with Crippen molar-refractivity contribution in [3.63, 3.8) is 0 Å². The lowest BCUT2D eigenvalue weighted by atomic mass is 9.92. The van der Waals surface area contributed by atoms with Crippen LogP contribution in [0.25, 0.3) is 10.8 Å². The van der Waals surface area contributed by atoms with Crippen LogP contribution in [0.15, 0.2) is 91.0 Å². The summed E-state index contributed by atoms with van der Waals surface area (Å²) >= 11 is 0. The van der Waals surface area contributed by atoms with Crippen molar-refractivity contribution < 1.29 is 19.5 Å². The summed E-state index contributed by atoms with van der Waals surface area (Å²) in [5, 5.41) is 15.8. The molecule has 0 spiro atoms. The number of hydrogen-bond acceptors (Lipinski definition) is 4. The fraction of sp³-hybridized carbons (Fsp3) is 0.194. The lowest BCUT2D eigenvalue weighted by Crippen LogP contribution is -2.51. The molecule has 37 heavy (non-hydrogen) atoms. The van der Waals surface area contributed by atoms with Gasteiger partial charge < -0.3 is 10.4 Å². The number of carbonyl (C=O) groups excluding carboxylic acids is 3. The van der Waals surface area contributed by atoms with Gasteiger partial charge in [0.25, 0.3) is 11.8 Å².